The predicted molar refractivity (Wildman–Crippen MR) is 177 cm³/mol. The van der Waals surface area contributed by atoms with E-state index in [-0.39, 0.29) is 42.0 Å². The molecular formula is C35H37F3N6OS. The summed E-state index contributed by atoms with van der Waals surface area (Å²) in [5, 5.41) is 15.7. The zero-order valence-electron chi connectivity index (χ0n) is 26.0. The number of aryl methyl sites for hydroxylation is 1. The van der Waals surface area contributed by atoms with Gasteiger partial charge in [0.25, 0.3) is 0 Å². The first-order valence-corrected chi connectivity index (χ1v) is 15.4. The molecule has 0 radical (unpaired) electrons. The maximum absolute atomic E-state index is 13.9. The summed E-state index contributed by atoms with van der Waals surface area (Å²) in [6, 6.07) is 21.9. The van der Waals surface area contributed by atoms with Crippen LogP contribution in [0.4, 0.5) is 18.9 Å². The van der Waals surface area contributed by atoms with Crippen LogP contribution in [0.5, 0.6) is 0 Å². The molecule has 0 saturated heterocycles. The van der Waals surface area contributed by atoms with Gasteiger partial charge in [-0.25, -0.2) is 4.98 Å². The van der Waals surface area contributed by atoms with Gasteiger partial charge < -0.3 is 20.1 Å². The van der Waals surface area contributed by atoms with E-state index in [0.717, 1.165) is 22.9 Å². The lowest BCUT2D eigenvalue weighted by Gasteiger charge is -2.32. The molecule has 1 atom stereocenters. The second-order valence-corrected chi connectivity index (χ2v) is 12.1. The number of halogens is 3. The normalized spacial score (nSPS) is 12.0. The standard InChI is InChI=1S/C35H37F3N6OS/c1-24(2)16-29(41-33(45)17-30-19-40-23-44(30)20-27-14-12-26(18-39)13-15-27)22-43(34(46)42-32-11-7-4-8-25(32)3)21-28-9-5-6-10-31(28)35(36,37)38/h4-15,19,23-24,29H,16-17,20-22H2,1-3H3,(H,41,45)(H,42,46)/t29-/m0/s1. The zero-order valence-corrected chi connectivity index (χ0v) is 26.8. The van der Waals surface area contributed by atoms with E-state index in [0.29, 0.717) is 24.2 Å². The Hall–Kier alpha value is -4.69. The van der Waals surface area contributed by atoms with E-state index in [1.807, 2.05) is 61.7 Å². The summed E-state index contributed by atoms with van der Waals surface area (Å²) < 4.78 is 43.7. The zero-order chi connectivity index (χ0) is 33.3. The molecule has 1 heterocycles. The number of carbonyl (C=O) groups is 1. The van der Waals surface area contributed by atoms with Crippen molar-refractivity contribution in [3.8, 4) is 6.07 Å². The molecule has 240 valence electrons. The summed E-state index contributed by atoms with van der Waals surface area (Å²) in [5.74, 6) is -0.0462. The number of para-hydroxylation sites is 1. The van der Waals surface area contributed by atoms with E-state index >= 15 is 0 Å². The number of hydrogen-bond acceptors (Lipinski definition) is 4. The number of anilines is 1. The van der Waals surface area contributed by atoms with Crippen LogP contribution in [0.3, 0.4) is 0 Å². The van der Waals surface area contributed by atoms with Gasteiger partial charge in [-0.1, -0.05) is 62.4 Å². The topological polar surface area (TPSA) is 86.0 Å². The molecule has 46 heavy (non-hydrogen) atoms. The van der Waals surface area contributed by atoms with E-state index in [1.165, 1.54) is 12.1 Å². The second-order valence-electron chi connectivity index (χ2n) is 11.7. The Balaban J connectivity index is 1.54. The molecule has 1 aromatic heterocycles. The average molecular weight is 647 g/mol. The van der Waals surface area contributed by atoms with Crippen molar-refractivity contribution in [2.45, 2.75) is 58.9 Å². The minimum absolute atomic E-state index is 0.0632. The lowest BCUT2D eigenvalue weighted by Crippen LogP contribution is -2.48. The smallest absolute Gasteiger partial charge is 0.351 e. The summed E-state index contributed by atoms with van der Waals surface area (Å²) in [7, 11) is 0. The average Bonchev–Trinajstić information content (AvgIpc) is 3.43. The molecule has 4 rings (SSSR count). The first-order valence-electron chi connectivity index (χ1n) is 15.0. The number of carbonyl (C=O) groups excluding carboxylic acids is 1. The van der Waals surface area contributed by atoms with Gasteiger partial charge in [0.1, 0.15) is 0 Å². The van der Waals surface area contributed by atoms with Crippen molar-refractivity contribution in [1.29, 1.82) is 5.26 Å². The Kier molecular flexibility index (Phi) is 11.6. The Morgan fingerprint density at radius 2 is 1.76 bits per heavy atom. The third kappa shape index (κ3) is 9.65. The van der Waals surface area contributed by atoms with Crippen molar-refractivity contribution < 1.29 is 18.0 Å². The fraction of sp³-hybridized carbons (Fsp3) is 0.314. The van der Waals surface area contributed by atoms with Gasteiger partial charge in [0.15, 0.2) is 5.11 Å². The Labute approximate surface area is 273 Å². The lowest BCUT2D eigenvalue weighted by atomic mass is 10.0. The Morgan fingerprint density at radius 3 is 2.43 bits per heavy atom. The minimum atomic E-state index is -4.53. The molecule has 7 nitrogen and oxygen atoms in total. The van der Waals surface area contributed by atoms with Crippen LogP contribution >= 0.6 is 12.2 Å². The number of aromatic nitrogens is 2. The van der Waals surface area contributed by atoms with E-state index in [2.05, 4.69) is 21.7 Å². The number of benzene rings is 3. The quantitative estimate of drug-likeness (QED) is 0.160. The predicted octanol–water partition coefficient (Wildman–Crippen LogP) is 7.10. The van der Waals surface area contributed by atoms with Crippen LogP contribution in [-0.4, -0.2) is 38.1 Å². The first kappa shape index (κ1) is 34.2. The van der Waals surface area contributed by atoms with Gasteiger partial charge in [0.2, 0.25) is 5.91 Å². The van der Waals surface area contributed by atoms with Crippen molar-refractivity contribution in [1.82, 2.24) is 19.8 Å². The number of alkyl halides is 3. The van der Waals surface area contributed by atoms with Crippen molar-refractivity contribution in [2.24, 2.45) is 5.92 Å². The van der Waals surface area contributed by atoms with Crippen molar-refractivity contribution >= 4 is 28.9 Å². The number of hydrogen-bond donors (Lipinski definition) is 2. The van der Waals surface area contributed by atoms with Gasteiger partial charge in [-0.15, -0.1) is 0 Å². The lowest BCUT2D eigenvalue weighted by molar-refractivity contribution is -0.138. The molecule has 0 aliphatic rings. The molecule has 11 heteroatoms. The van der Waals surface area contributed by atoms with Crippen molar-refractivity contribution in [3.05, 3.63) is 119 Å². The van der Waals surface area contributed by atoms with Crippen LogP contribution in [0.25, 0.3) is 0 Å². The van der Waals surface area contributed by atoms with Crippen LogP contribution in [0.2, 0.25) is 0 Å². The minimum Gasteiger partial charge on any atom is -0.351 e. The van der Waals surface area contributed by atoms with Gasteiger partial charge in [-0.05, 0) is 72.4 Å². The second kappa shape index (κ2) is 15.5. The number of nitriles is 1. The molecule has 0 fully saturated rings. The molecule has 0 saturated carbocycles. The highest BCUT2D eigenvalue weighted by Gasteiger charge is 2.34. The third-order valence-electron chi connectivity index (χ3n) is 7.50. The highest BCUT2D eigenvalue weighted by molar-refractivity contribution is 7.80. The van der Waals surface area contributed by atoms with Crippen LogP contribution in [0.15, 0.2) is 85.3 Å². The number of nitrogens with one attached hydrogen (secondary N) is 2. The largest absolute Gasteiger partial charge is 0.416 e. The monoisotopic (exact) mass is 646 g/mol. The number of imidazole rings is 1. The maximum Gasteiger partial charge on any atom is 0.416 e. The van der Waals surface area contributed by atoms with Gasteiger partial charge in [-0.2, -0.15) is 18.4 Å². The van der Waals surface area contributed by atoms with Crippen molar-refractivity contribution in [2.75, 3.05) is 11.9 Å². The van der Waals surface area contributed by atoms with Gasteiger partial charge >= 0.3 is 6.18 Å². The summed E-state index contributed by atoms with van der Waals surface area (Å²) in [4.78, 5) is 19.3. The molecule has 0 aliphatic heterocycles. The summed E-state index contributed by atoms with van der Waals surface area (Å²) >= 11 is 5.78. The van der Waals surface area contributed by atoms with E-state index < -0.39 is 17.8 Å². The summed E-state index contributed by atoms with van der Waals surface area (Å²) in [6.07, 6.45) is -0.585. The number of nitrogens with zero attached hydrogens (tertiary/aromatic N) is 4. The molecule has 0 bridgehead atoms. The highest BCUT2D eigenvalue weighted by atomic mass is 32.1. The Morgan fingerprint density at radius 1 is 1.07 bits per heavy atom. The number of thiocarbonyl (C=S) groups is 1. The highest BCUT2D eigenvalue weighted by Crippen LogP contribution is 2.32. The summed E-state index contributed by atoms with van der Waals surface area (Å²) in [6.45, 7) is 6.54. The maximum atomic E-state index is 13.9. The molecular weight excluding hydrogens is 609 g/mol. The van der Waals surface area contributed by atoms with Crippen LogP contribution in [-0.2, 0) is 30.5 Å². The Bertz CT molecular complexity index is 1680. The van der Waals surface area contributed by atoms with Gasteiger partial charge in [0, 0.05) is 43.3 Å². The number of amides is 1. The molecule has 0 aliphatic carbocycles. The molecule has 4 aromatic rings. The molecule has 1 amide bonds. The van der Waals surface area contributed by atoms with Gasteiger partial charge in [-0.3, -0.25) is 4.79 Å². The van der Waals surface area contributed by atoms with Gasteiger partial charge in [0.05, 0.1) is 29.9 Å². The summed E-state index contributed by atoms with van der Waals surface area (Å²) in [5.41, 5.74) is 3.28. The van der Waals surface area contributed by atoms with Crippen LogP contribution in [0.1, 0.15) is 53.8 Å². The van der Waals surface area contributed by atoms with Crippen molar-refractivity contribution in [3.63, 3.8) is 0 Å². The third-order valence-corrected chi connectivity index (χ3v) is 7.86. The van der Waals surface area contributed by atoms with Crippen LogP contribution < -0.4 is 10.6 Å². The molecule has 0 spiro atoms. The van der Waals surface area contributed by atoms with E-state index in [9.17, 15) is 18.0 Å². The number of rotatable bonds is 12. The fourth-order valence-corrected chi connectivity index (χ4v) is 5.49. The first-order chi connectivity index (χ1) is 21.9. The molecule has 0 unspecified atom stereocenters. The molecule has 3 aromatic carbocycles. The molecule has 2 N–H and O–H groups in total. The fourth-order valence-electron chi connectivity index (χ4n) is 5.24. The van der Waals surface area contributed by atoms with E-state index in [4.69, 9.17) is 17.5 Å². The van der Waals surface area contributed by atoms with Crippen LogP contribution in [0, 0.1) is 24.2 Å². The SMILES string of the molecule is Cc1ccccc1NC(=S)N(Cc1ccccc1C(F)(F)F)C[C@H](CC(C)C)NC(=O)Cc1cncn1Cc1ccc(C#N)cc1. The van der Waals surface area contributed by atoms with E-state index in [1.54, 1.807) is 35.6 Å².